The number of esters is 1. The second kappa shape index (κ2) is 12.3. The van der Waals surface area contributed by atoms with Crippen molar-refractivity contribution in [3.63, 3.8) is 0 Å². The summed E-state index contributed by atoms with van der Waals surface area (Å²) < 4.78 is 4.99. The minimum absolute atomic E-state index is 0.141. The molecule has 2 N–H and O–H groups in total. The zero-order valence-corrected chi connectivity index (χ0v) is 19.1. The number of carbonyl (C=O) groups excluding carboxylic acids is 3. The number of nitrogens with one attached hydrogen (secondary N) is 2. The lowest BCUT2D eigenvalue weighted by Gasteiger charge is -2.26. The molecule has 2 amide bonds. The number of amides is 2. The van der Waals surface area contributed by atoms with Gasteiger partial charge in [0.1, 0.15) is 0 Å². The van der Waals surface area contributed by atoms with Crippen LogP contribution < -0.4 is 10.6 Å². The Balaban J connectivity index is 1.63. The molecule has 0 aromatic heterocycles. The van der Waals surface area contributed by atoms with Crippen molar-refractivity contribution in [3.05, 3.63) is 71.8 Å². The molecule has 6 nitrogen and oxygen atoms in total. The molecule has 32 heavy (non-hydrogen) atoms. The molecule has 1 aliphatic rings. The second-order valence-electron chi connectivity index (χ2n) is 7.73. The Bertz CT molecular complexity index is 891. The second-order valence-corrected chi connectivity index (χ2v) is 9.01. The number of hydrogen-bond acceptors (Lipinski definition) is 5. The lowest BCUT2D eigenvalue weighted by molar-refractivity contribution is -0.143. The van der Waals surface area contributed by atoms with Gasteiger partial charge in [-0.05, 0) is 44.0 Å². The largest absolute Gasteiger partial charge is 0.466 e. The predicted octanol–water partition coefficient (Wildman–Crippen LogP) is 3.82. The molecule has 1 aliphatic heterocycles. The van der Waals surface area contributed by atoms with Gasteiger partial charge in [0, 0.05) is 28.6 Å². The molecular weight excluding hydrogens is 424 g/mol. The van der Waals surface area contributed by atoms with Gasteiger partial charge in [-0.1, -0.05) is 42.8 Å². The summed E-state index contributed by atoms with van der Waals surface area (Å²) in [5.74, 6) is 0.265. The van der Waals surface area contributed by atoms with Crippen molar-refractivity contribution in [2.24, 2.45) is 0 Å². The molecule has 2 aromatic carbocycles. The van der Waals surface area contributed by atoms with Crippen molar-refractivity contribution in [3.8, 4) is 0 Å². The lowest BCUT2D eigenvalue weighted by atomic mass is 10.00. The van der Waals surface area contributed by atoms with E-state index in [9.17, 15) is 14.4 Å². The fourth-order valence-electron chi connectivity index (χ4n) is 3.80. The highest BCUT2D eigenvalue weighted by Gasteiger charge is 2.38. The summed E-state index contributed by atoms with van der Waals surface area (Å²) in [5, 5.41) is 6.42. The van der Waals surface area contributed by atoms with Crippen LogP contribution >= 0.6 is 11.8 Å². The maximum atomic E-state index is 12.8. The summed E-state index contributed by atoms with van der Waals surface area (Å²) in [7, 11) is 0. The van der Waals surface area contributed by atoms with Gasteiger partial charge in [-0.15, -0.1) is 0 Å². The average molecular weight is 455 g/mol. The third-order valence-corrected chi connectivity index (χ3v) is 6.94. The highest BCUT2D eigenvalue weighted by Crippen LogP contribution is 2.32. The molecule has 0 spiro atoms. The molecule has 1 fully saturated rings. The number of hydrogen-bond donors (Lipinski definition) is 2. The quantitative estimate of drug-likeness (QED) is 0.421. The smallest absolute Gasteiger partial charge is 0.305 e. The fraction of sp³-hybridized carbons (Fsp3) is 0.400. The molecule has 0 radical (unpaired) electrons. The van der Waals surface area contributed by atoms with Gasteiger partial charge >= 0.3 is 5.97 Å². The fourth-order valence-corrected chi connectivity index (χ4v) is 5.34. The van der Waals surface area contributed by atoms with Gasteiger partial charge in [-0.3, -0.25) is 14.4 Å². The van der Waals surface area contributed by atoms with Crippen molar-refractivity contribution in [1.82, 2.24) is 10.6 Å². The van der Waals surface area contributed by atoms with Crippen LogP contribution in [0.2, 0.25) is 0 Å². The molecule has 0 unspecified atom stereocenters. The summed E-state index contributed by atoms with van der Waals surface area (Å²) in [6, 6.07) is 17.8. The van der Waals surface area contributed by atoms with Crippen molar-refractivity contribution in [2.75, 3.05) is 12.4 Å². The Morgan fingerprint density at radius 1 is 0.906 bits per heavy atom. The standard InChI is InChI=1S/C25H30N2O4S/c1-2-31-22(28)16-10-9-15-21-23(27-25(30)19-13-7-4-8-14-19)20(17-32-21)26-24(29)18-11-5-3-6-12-18/h3-8,11-14,20-21,23H,2,9-10,15-17H2,1H3,(H,26,29)(H,27,30)/t20-,21-,23-/m1/s1. The summed E-state index contributed by atoms with van der Waals surface area (Å²) >= 11 is 1.76. The number of unbranched alkanes of at least 4 members (excludes halogenated alkanes) is 1. The maximum Gasteiger partial charge on any atom is 0.305 e. The Labute approximate surface area is 193 Å². The van der Waals surface area contributed by atoms with Crippen molar-refractivity contribution >= 4 is 29.5 Å². The molecule has 3 rings (SSSR count). The molecular formula is C25H30N2O4S. The summed E-state index contributed by atoms with van der Waals surface area (Å²) in [6.45, 7) is 2.20. The van der Waals surface area contributed by atoms with Crippen molar-refractivity contribution < 1.29 is 19.1 Å². The van der Waals surface area contributed by atoms with Crippen LogP contribution in [0.5, 0.6) is 0 Å². The third-order valence-electron chi connectivity index (χ3n) is 5.43. The number of ether oxygens (including phenoxy) is 1. The van der Waals surface area contributed by atoms with Crippen LogP contribution in [0.1, 0.15) is 53.3 Å². The van der Waals surface area contributed by atoms with Crippen molar-refractivity contribution in [1.29, 1.82) is 0 Å². The van der Waals surface area contributed by atoms with Crippen LogP contribution in [0.15, 0.2) is 60.7 Å². The van der Waals surface area contributed by atoms with E-state index >= 15 is 0 Å². The van der Waals surface area contributed by atoms with Crippen LogP contribution in [0.3, 0.4) is 0 Å². The average Bonchev–Trinajstić information content (AvgIpc) is 3.19. The Hall–Kier alpha value is -2.80. The summed E-state index contributed by atoms with van der Waals surface area (Å²) in [4.78, 5) is 37.1. The van der Waals surface area contributed by atoms with Crippen LogP contribution in [0, 0.1) is 0 Å². The Morgan fingerprint density at radius 3 is 2.09 bits per heavy atom. The van der Waals surface area contributed by atoms with E-state index in [4.69, 9.17) is 4.74 Å². The van der Waals surface area contributed by atoms with Gasteiger partial charge in [0.05, 0.1) is 18.7 Å². The van der Waals surface area contributed by atoms with Crippen LogP contribution in [0.25, 0.3) is 0 Å². The van der Waals surface area contributed by atoms with E-state index in [1.807, 2.05) is 36.4 Å². The minimum atomic E-state index is -0.192. The molecule has 3 atom stereocenters. The number of rotatable bonds is 10. The lowest BCUT2D eigenvalue weighted by Crippen LogP contribution is -2.53. The first-order chi connectivity index (χ1) is 15.6. The van der Waals surface area contributed by atoms with Gasteiger partial charge in [0.2, 0.25) is 0 Å². The van der Waals surface area contributed by atoms with Gasteiger partial charge in [0.15, 0.2) is 0 Å². The molecule has 2 aromatic rings. The Morgan fingerprint density at radius 2 is 1.50 bits per heavy atom. The van der Waals surface area contributed by atoms with Crippen LogP contribution in [-0.4, -0.2) is 47.5 Å². The van der Waals surface area contributed by atoms with E-state index in [-0.39, 0.29) is 35.1 Å². The molecule has 0 aliphatic carbocycles. The topological polar surface area (TPSA) is 84.5 Å². The van der Waals surface area contributed by atoms with E-state index in [0.717, 1.165) is 25.0 Å². The van der Waals surface area contributed by atoms with Gasteiger partial charge in [-0.2, -0.15) is 11.8 Å². The summed E-state index contributed by atoms with van der Waals surface area (Å²) in [5.41, 5.74) is 1.20. The highest BCUT2D eigenvalue weighted by atomic mass is 32.2. The van der Waals surface area contributed by atoms with Crippen LogP contribution in [-0.2, 0) is 9.53 Å². The first-order valence-electron chi connectivity index (χ1n) is 11.1. The van der Waals surface area contributed by atoms with Crippen LogP contribution in [0.4, 0.5) is 0 Å². The van der Waals surface area contributed by atoms with Gasteiger partial charge in [0.25, 0.3) is 11.8 Å². The first-order valence-corrected chi connectivity index (χ1v) is 12.1. The molecule has 7 heteroatoms. The zero-order chi connectivity index (χ0) is 22.8. The molecule has 0 bridgehead atoms. The van der Waals surface area contributed by atoms with E-state index in [1.54, 1.807) is 43.0 Å². The number of carbonyl (C=O) groups is 3. The zero-order valence-electron chi connectivity index (χ0n) is 18.3. The molecule has 0 saturated carbocycles. The molecule has 1 saturated heterocycles. The van der Waals surface area contributed by atoms with E-state index in [0.29, 0.717) is 24.2 Å². The Kier molecular flexibility index (Phi) is 9.16. The van der Waals surface area contributed by atoms with E-state index in [2.05, 4.69) is 10.6 Å². The molecule has 1 heterocycles. The first kappa shape index (κ1) is 23.9. The van der Waals surface area contributed by atoms with E-state index in [1.165, 1.54) is 0 Å². The minimum Gasteiger partial charge on any atom is -0.466 e. The number of thioether (sulfide) groups is 1. The van der Waals surface area contributed by atoms with Gasteiger partial charge < -0.3 is 15.4 Å². The molecule has 170 valence electrons. The third kappa shape index (κ3) is 6.85. The van der Waals surface area contributed by atoms with Crippen molar-refractivity contribution in [2.45, 2.75) is 49.9 Å². The monoisotopic (exact) mass is 454 g/mol. The number of benzene rings is 2. The van der Waals surface area contributed by atoms with E-state index < -0.39 is 0 Å². The summed E-state index contributed by atoms with van der Waals surface area (Å²) in [6.07, 6.45) is 2.85. The normalized spacial score (nSPS) is 19.8. The maximum absolute atomic E-state index is 12.8. The highest BCUT2D eigenvalue weighted by molar-refractivity contribution is 8.00. The van der Waals surface area contributed by atoms with Gasteiger partial charge in [-0.25, -0.2) is 0 Å². The SMILES string of the molecule is CCOC(=O)CCCC[C@H]1SC[C@@H](NC(=O)c2ccccc2)[C@H]1NC(=O)c1ccccc1. The predicted molar refractivity (Wildman–Crippen MR) is 127 cm³/mol.